The molecule has 10 rings (SSSR count). The van der Waals surface area contributed by atoms with Gasteiger partial charge in [0.15, 0.2) is 5.79 Å². The number of ketones is 1. The van der Waals surface area contributed by atoms with Gasteiger partial charge in [0.25, 0.3) is 0 Å². The van der Waals surface area contributed by atoms with Crippen molar-refractivity contribution in [2.75, 3.05) is 13.7 Å². The maximum absolute atomic E-state index is 14.1. The topological polar surface area (TPSA) is 146 Å². The van der Waals surface area contributed by atoms with Crippen LogP contribution in [0.1, 0.15) is 90.4 Å². The predicted octanol–water partition coefficient (Wildman–Crippen LogP) is 3.44. The molecule has 0 aromatic carbocycles. The molecule has 0 saturated carbocycles. The molecule has 12 heteroatoms. The number of aliphatic hydroxyl groups is 1. The van der Waals surface area contributed by atoms with Gasteiger partial charge in [-0.2, -0.15) is 0 Å². The maximum atomic E-state index is 14.1. The molecule has 10 saturated heterocycles. The maximum Gasteiger partial charge on any atom is 0.172 e. The average molecular weight is 730 g/mol. The molecular formula is C40H59NO11. The van der Waals surface area contributed by atoms with Gasteiger partial charge in [-0.25, -0.2) is 0 Å². The molecular weight excluding hydrogens is 670 g/mol. The molecule has 12 bridgehead atoms. The number of fused-ring (bicyclic) bond motifs is 6. The number of rotatable bonds is 4. The standard InChI is InChI=1S/C40H59NO11/c1-19-11-24-5-7-28-20(2)12-26(45-28)9-10-40-17-33-36(51-40)37-38(50-33)39(52-40)35-29(49-37)8-6-25(47-35)13-22(42)14-27-31(16-30(46-24)21(19)3)48-32(34(27)44-4)15-23(43)18-41/h19,23-39,43H,2-3,5-18,41H2,1,4H3/t19-,23?,24?,25-,26?,27?,28+,29?,30-,31?,32-,33-,34-,35+,36?,37+,38?,39?,40+/m1/s1. The molecule has 10 aliphatic rings. The van der Waals surface area contributed by atoms with Crippen molar-refractivity contribution >= 4 is 5.78 Å². The zero-order chi connectivity index (χ0) is 35.9. The monoisotopic (exact) mass is 729 g/mol. The highest BCUT2D eigenvalue weighted by atomic mass is 16.8. The quantitative estimate of drug-likeness (QED) is 0.409. The Morgan fingerprint density at radius 3 is 2.38 bits per heavy atom. The summed E-state index contributed by atoms with van der Waals surface area (Å²) in [6.07, 6.45) is 4.85. The van der Waals surface area contributed by atoms with Gasteiger partial charge in [0, 0.05) is 58.1 Å². The first kappa shape index (κ1) is 36.4. The third-order valence-corrected chi connectivity index (χ3v) is 14.0. The second-order valence-corrected chi connectivity index (χ2v) is 17.4. The van der Waals surface area contributed by atoms with E-state index in [1.165, 1.54) is 0 Å². The normalized spacial score (nSPS) is 52.4. The first-order chi connectivity index (χ1) is 25.1. The minimum atomic E-state index is -0.780. The lowest BCUT2D eigenvalue weighted by atomic mass is 9.81. The van der Waals surface area contributed by atoms with Crippen molar-refractivity contribution in [3.8, 4) is 0 Å². The van der Waals surface area contributed by atoms with E-state index in [9.17, 15) is 9.90 Å². The zero-order valence-electron chi connectivity index (χ0n) is 30.8. The summed E-state index contributed by atoms with van der Waals surface area (Å²) in [6, 6.07) is 0. The summed E-state index contributed by atoms with van der Waals surface area (Å²) < 4.78 is 60.0. The number of hydrogen-bond acceptors (Lipinski definition) is 12. The molecule has 12 nitrogen and oxygen atoms in total. The zero-order valence-corrected chi connectivity index (χ0v) is 30.8. The van der Waals surface area contributed by atoms with E-state index < -0.39 is 18.0 Å². The van der Waals surface area contributed by atoms with Gasteiger partial charge in [-0.15, -0.1) is 0 Å². The average Bonchev–Trinajstić information content (AvgIpc) is 3.79. The van der Waals surface area contributed by atoms with Crippen molar-refractivity contribution in [3.63, 3.8) is 0 Å². The fourth-order valence-corrected chi connectivity index (χ4v) is 11.3. The van der Waals surface area contributed by atoms with Crippen LogP contribution in [-0.2, 0) is 47.4 Å². The Bertz CT molecular complexity index is 1380. The second kappa shape index (κ2) is 14.3. The third-order valence-electron chi connectivity index (χ3n) is 14.0. The van der Waals surface area contributed by atoms with Crippen molar-refractivity contribution in [3.05, 3.63) is 24.3 Å². The number of aliphatic hydroxyl groups excluding tert-OH is 1. The minimum Gasteiger partial charge on any atom is -0.392 e. The first-order valence-electron chi connectivity index (χ1n) is 20.2. The molecule has 290 valence electrons. The number of methoxy groups -OCH3 is 1. The van der Waals surface area contributed by atoms with E-state index in [4.69, 9.17) is 48.4 Å². The summed E-state index contributed by atoms with van der Waals surface area (Å²) in [6.45, 7) is 11.3. The molecule has 19 atom stereocenters. The number of carbonyl (C=O) groups is 1. The van der Waals surface area contributed by atoms with Crippen molar-refractivity contribution in [2.45, 2.75) is 194 Å². The Labute approximate surface area is 307 Å². The van der Waals surface area contributed by atoms with Crippen molar-refractivity contribution in [2.24, 2.45) is 17.6 Å². The summed E-state index contributed by atoms with van der Waals surface area (Å²) in [4.78, 5) is 14.1. The minimum absolute atomic E-state index is 0.0158. The molecule has 0 amide bonds. The first-order valence-corrected chi connectivity index (χ1v) is 20.2. The van der Waals surface area contributed by atoms with Gasteiger partial charge in [-0.1, -0.05) is 20.1 Å². The van der Waals surface area contributed by atoms with Crippen molar-refractivity contribution in [1.29, 1.82) is 0 Å². The van der Waals surface area contributed by atoms with E-state index in [0.717, 1.165) is 56.1 Å². The third kappa shape index (κ3) is 6.59. The highest BCUT2D eigenvalue weighted by Gasteiger charge is 2.68. The summed E-state index contributed by atoms with van der Waals surface area (Å²) in [5.74, 6) is -0.619. The van der Waals surface area contributed by atoms with E-state index in [1.807, 2.05) is 0 Å². The van der Waals surface area contributed by atoms with Crippen molar-refractivity contribution < 1.29 is 52.5 Å². The van der Waals surface area contributed by atoms with E-state index in [0.29, 0.717) is 25.7 Å². The number of nitrogens with two attached hydrogens (primary N) is 1. The van der Waals surface area contributed by atoms with Crippen LogP contribution in [0.25, 0.3) is 0 Å². The Morgan fingerprint density at radius 2 is 1.56 bits per heavy atom. The largest absolute Gasteiger partial charge is 0.392 e. The molecule has 10 heterocycles. The summed E-state index contributed by atoms with van der Waals surface area (Å²) in [5, 5.41) is 10.5. The summed E-state index contributed by atoms with van der Waals surface area (Å²) in [7, 11) is 1.66. The number of carbonyl (C=O) groups excluding carboxylic acids is 1. The number of hydrogen-bond donors (Lipinski definition) is 2. The Kier molecular flexibility index (Phi) is 10.0. The van der Waals surface area contributed by atoms with Gasteiger partial charge in [0.05, 0.1) is 67.1 Å². The van der Waals surface area contributed by atoms with Crippen LogP contribution in [0.2, 0.25) is 0 Å². The van der Waals surface area contributed by atoms with Crippen LogP contribution >= 0.6 is 0 Å². The van der Waals surface area contributed by atoms with Crippen LogP contribution in [0.5, 0.6) is 0 Å². The van der Waals surface area contributed by atoms with Crippen LogP contribution in [0.15, 0.2) is 24.3 Å². The van der Waals surface area contributed by atoms with Gasteiger partial charge < -0.3 is 53.5 Å². The molecule has 0 aliphatic carbocycles. The fourth-order valence-electron chi connectivity index (χ4n) is 11.3. The Morgan fingerprint density at radius 1 is 0.808 bits per heavy atom. The number of Topliss-reactive ketones (excluding diaryl/α,β-unsaturated/α-hetero) is 1. The van der Waals surface area contributed by atoms with Crippen LogP contribution in [0.3, 0.4) is 0 Å². The number of ether oxygens (including phenoxy) is 9. The predicted molar refractivity (Wildman–Crippen MR) is 186 cm³/mol. The molecule has 0 radical (unpaired) electrons. The fraction of sp³-hybridized carbons (Fsp3) is 0.875. The molecule has 0 aromatic rings. The van der Waals surface area contributed by atoms with Crippen LogP contribution in [0.4, 0.5) is 0 Å². The van der Waals surface area contributed by atoms with Gasteiger partial charge in [0.2, 0.25) is 0 Å². The van der Waals surface area contributed by atoms with E-state index in [2.05, 4.69) is 20.1 Å². The SMILES string of the molecule is C=C1CC2CC[C@@]34C[C@H]5OC6C(O3)[C@H]3O[C@H](CCC3O[C@H]6C5O4)CC(=O)CC3C(C[C@H]4OC(CC[C@@H]1O2)C[C@@H](C)C4=C)O[C@H](CC(O)CN)[C@@H]3OC. The van der Waals surface area contributed by atoms with Gasteiger partial charge in [-0.05, 0) is 62.0 Å². The Hall–Kier alpha value is -1.29. The smallest absolute Gasteiger partial charge is 0.172 e. The second-order valence-electron chi connectivity index (χ2n) is 17.4. The van der Waals surface area contributed by atoms with E-state index >= 15 is 0 Å². The van der Waals surface area contributed by atoms with Crippen LogP contribution in [-0.4, -0.2) is 128 Å². The summed E-state index contributed by atoms with van der Waals surface area (Å²) in [5.41, 5.74) is 8.01. The molecule has 3 N–H and O–H groups in total. The Balaban J connectivity index is 0.994. The summed E-state index contributed by atoms with van der Waals surface area (Å²) >= 11 is 0. The molecule has 9 unspecified atom stereocenters. The molecule has 52 heavy (non-hydrogen) atoms. The van der Waals surface area contributed by atoms with E-state index in [-0.39, 0.29) is 122 Å². The van der Waals surface area contributed by atoms with Crippen LogP contribution < -0.4 is 5.73 Å². The van der Waals surface area contributed by atoms with Crippen LogP contribution in [0, 0.1) is 11.8 Å². The molecule has 10 aliphatic heterocycles. The molecule has 0 aromatic heterocycles. The lowest BCUT2D eigenvalue weighted by Gasteiger charge is -2.47. The van der Waals surface area contributed by atoms with Crippen molar-refractivity contribution in [1.82, 2.24) is 0 Å². The highest BCUT2D eigenvalue weighted by molar-refractivity contribution is 5.79. The highest BCUT2D eigenvalue weighted by Crippen LogP contribution is 2.54. The van der Waals surface area contributed by atoms with Gasteiger partial charge in [0.1, 0.15) is 36.3 Å². The van der Waals surface area contributed by atoms with Gasteiger partial charge in [-0.3, -0.25) is 4.79 Å². The van der Waals surface area contributed by atoms with Gasteiger partial charge >= 0.3 is 0 Å². The lowest BCUT2D eigenvalue weighted by Crippen LogP contribution is -2.61. The molecule has 10 fully saturated rings. The molecule has 1 spiro atoms. The lowest BCUT2D eigenvalue weighted by molar-refractivity contribution is -0.292. The van der Waals surface area contributed by atoms with E-state index in [1.54, 1.807) is 7.11 Å².